The molecule has 0 aromatic carbocycles. The lowest BCUT2D eigenvalue weighted by Crippen LogP contribution is -2.43. The Hall–Kier alpha value is -2.19. The van der Waals surface area contributed by atoms with E-state index in [1.807, 2.05) is 13.8 Å². The molecule has 1 fully saturated rings. The van der Waals surface area contributed by atoms with E-state index in [0.717, 1.165) is 12.1 Å². The molecule has 3 N–H and O–H groups in total. The van der Waals surface area contributed by atoms with E-state index in [-0.39, 0.29) is 30.4 Å². The molecule has 0 radical (unpaired) electrons. The molecule has 130 valence electrons. The number of nitrogens with one attached hydrogen (secondary N) is 3. The third kappa shape index (κ3) is 3.07. The van der Waals surface area contributed by atoms with Crippen molar-refractivity contribution in [3.63, 3.8) is 0 Å². The fourth-order valence-electron chi connectivity index (χ4n) is 3.05. The van der Waals surface area contributed by atoms with Gasteiger partial charge in [-0.1, -0.05) is 0 Å². The molecule has 0 spiro atoms. The SMILES string of the molecule is CCN1Cc2nc(OC)c(CNC(=O)C3CC(C)NN3)cc2C1=O. The summed E-state index contributed by atoms with van der Waals surface area (Å²) in [6.07, 6.45) is 0.732. The van der Waals surface area contributed by atoms with E-state index in [9.17, 15) is 9.59 Å². The van der Waals surface area contributed by atoms with Crippen LogP contribution >= 0.6 is 0 Å². The van der Waals surface area contributed by atoms with Crippen molar-refractivity contribution in [2.45, 2.75) is 45.4 Å². The standard InChI is InChI=1S/C16H23N5O3/c1-4-21-8-13-11(16(21)23)6-10(15(18-13)24-3)7-17-14(22)12-5-9(2)19-20-12/h6,9,12,19-20H,4-5,7-8H2,1-3H3,(H,17,22). The Labute approximate surface area is 140 Å². The Balaban J connectivity index is 1.73. The van der Waals surface area contributed by atoms with Crippen LogP contribution in [0.3, 0.4) is 0 Å². The third-order valence-corrected chi connectivity index (χ3v) is 4.44. The number of methoxy groups -OCH3 is 1. The first-order valence-electron chi connectivity index (χ1n) is 8.18. The van der Waals surface area contributed by atoms with Crippen LogP contribution in [0.5, 0.6) is 5.88 Å². The minimum Gasteiger partial charge on any atom is -0.481 e. The van der Waals surface area contributed by atoms with Crippen LogP contribution in [0.4, 0.5) is 0 Å². The highest BCUT2D eigenvalue weighted by atomic mass is 16.5. The van der Waals surface area contributed by atoms with Crippen molar-refractivity contribution < 1.29 is 14.3 Å². The molecule has 2 unspecified atom stereocenters. The fourth-order valence-corrected chi connectivity index (χ4v) is 3.05. The Morgan fingerprint density at radius 3 is 2.92 bits per heavy atom. The quantitative estimate of drug-likeness (QED) is 0.699. The summed E-state index contributed by atoms with van der Waals surface area (Å²) in [5.41, 5.74) is 8.01. The van der Waals surface area contributed by atoms with Crippen molar-refractivity contribution in [1.29, 1.82) is 0 Å². The number of hydrogen-bond donors (Lipinski definition) is 3. The maximum absolute atomic E-state index is 12.3. The second kappa shape index (κ2) is 6.74. The number of aromatic nitrogens is 1. The normalized spacial score (nSPS) is 22.6. The summed E-state index contributed by atoms with van der Waals surface area (Å²) in [7, 11) is 1.54. The predicted molar refractivity (Wildman–Crippen MR) is 87.2 cm³/mol. The molecule has 8 heteroatoms. The highest BCUT2D eigenvalue weighted by Gasteiger charge is 2.30. The van der Waals surface area contributed by atoms with E-state index in [4.69, 9.17) is 4.74 Å². The number of carbonyl (C=O) groups is 2. The topological polar surface area (TPSA) is 95.6 Å². The van der Waals surface area contributed by atoms with Crippen LogP contribution < -0.4 is 20.9 Å². The van der Waals surface area contributed by atoms with Gasteiger partial charge in [0.15, 0.2) is 0 Å². The molecule has 0 bridgehead atoms. The summed E-state index contributed by atoms with van der Waals surface area (Å²) >= 11 is 0. The lowest BCUT2D eigenvalue weighted by Gasteiger charge is -2.13. The maximum Gasteiger partial charge on any atom is 0.256 e. The summed E-state index contributed by atoms with van der Waals surface area (Å²) in [6, 6.07) is 1.78. The molecule has 2 amide bonds. The number of hydrazine groups is 1. The predicted octanol–water partition coefficient (Wildman–Crippen LogP) is -0.0629. The second-order valence-electron chi connectivity index (χ2n) is 6.17. The van der Waals surface area contributed by atoms with E-state index in [0.29, 0.717) is 30.1 Å². The number of fused-ring (bicyclic) bond motifs is 1. The van der Waals surface area contributed by atoms with Crippen molar-refractivity contribution in [3.8, 4) is 5.88 Å². The van der Waals surface area contributed by atoms with Gasteiger partial charge >= 0.3 is 0 Å². The van der Waals surface area contributed by atoms with Crippen LogP contribution in [0.15, 0.2) is 6.07 Å². The molecule has 1 saturated heterocycles. The number of rotatable bonds is 5. The molecule has 8 nitrogen and oxygen atoms in total. The zero-order valence-electron chi connectivity index (χ0n) is 14.2. The number of amides is 2. The molecule has 0 saturated carbocycles. The van der Waals surface area contributed by atoms with Gasteiger partial charge in [-0.25, -0.2) is 10.4 Å². The molecule has 3 rings (SSSR count). The lowest BCUT2D eigenvalue weighted by molar-refractivity contribution is -0.123. The third-order valence-electron chi connectivity index (χ3n) is 4.44. The van der Waals surface area contributed by atoms with Gasteiger partial charge < -0.3 is 15.0 Å². The van der Waals surface area contributed by atoms with Crippen LogP contribution in [0, 0.1) is 0 Å². The largest absolute Gasteiger partial charge is 0.481 e. The van der Waals surface area contributed by atoms with Gasteiger partial charge in [0.2, 0.25) is 11.8 Å². The van der Waals surface area contributed by atoms with Gasteiger partial charge in [0.05, 0.1) is 24.9 Å². The van der Waals surface area contributed by atoms with Crippen LogP contribution in [-0.2, 0) is 17.9 Å². The molecule has 1 aromatic heterocycles. The number of hydrogen-bond acceptors (Lipinski definition) is 6. The van der Waals surface area contributed by atoms with Gasteiger partial charge in [0, 0.05) is 24.7 Å². The lowest BCUT2D eigenvalue weighted by atomic mass is 10.1. The van der Waals surface area contributed by atoms with E-state index < -0.39 is 0 Å². The highest BCUT2D eigenvalue weighted by Crippen LogP contribution is 2.26. The summed E-state index contributed by atoms with van der Waals surface area (Å²) in [4.78, 5) is 30.7. The summed E-state index contributed by atoms with van der Waals surface area (Å²) in [5.74, 6) is 0.340. The minimum absolute atomic E-state index is 0.0225. The Morgan fingerprint density at radius 2 is 2.29 bits per heavy atom. The fraction of sp³-hybridized carbons (Fsp3) is 0.562. The molecule has 2 aliphatic heterocycles. The van der Waals surface area contributed by atoms with Gasteiger partial charge in [-0.2, -0.15) is 0 Å². The molecule has 24 heavy (non-hydrogen) atoms. The smallest absolute Gasteiger partial charge is 0.256 e. The number of carbonyl (C=O) groups excluding carboxylic acids is 2. The maximum atomic E-state index is 12.3. The summed E-state index contributed by atoms with van der Waals surface area (Å²) in [5, 5.41) is 2.88. The van der Waals surface area contributed by atoms with Gasteiger partial charge in [0.1, 0.15) is 6.04 Å². The highest BCUT2D eigenvalue weighted by molar-refractivity contribution is 5.98. The van der Waals surface area contributed by atoms with Gasteiger partial charge in [-0.05, 0) is 26.3 Å². The second-order valence-corrected chi connectivity index (χ2v) is 6.17. The zero-order chi connectivity index (χ0) is 17.3. The molecule has 3 heterocycles. The van der Waals surface area contributed by atoms with Crippen LogP contribution in [0.25, 0.3) is 0 Å². The first kappa shape index (κ1) is 16.7. The van der Waals surface area contributed by atoms with Crippen molar-refractivity contribution >= 4 is 11.8 Å². The minimum atomic E-state index is -0.259. The summed E-state index contributed by atoms with van der Waals surface area (Å²) in [6.45, 7) is 5.37. The van der Waals surface area contributed by atoms with Crippen molar-refractivity contribution in [3.05, 3.63) is 22.9 Å². The van der Waals surface area contributed by atoms with Gasteiger partial charge in [-0.15, -0.1) is 0 Å². The monoisotopic (exact) mass is 333 g/mol. The van der Waals surface area contributed by atoms with Crippen molar-refractivity contribution in [2.24, 2.45) is 0 Å². The molecular formula is C16H23N5O3. The van der Waals surface area contributed by atoms with E-state index in [2.05, 4.69) is 21.2 Å². The van der Waals surface area contributed by atoms with Crippen LogP contribution in [0.1, 0.15) is 41.9 Å². The van der Waals surface area contributed by atoms with E-state index in [1.54, 1.807) is 18.1 Å². The first-order valence-corrected chi connectivity index (χ1v) is 8.18. The molecule has 0 aliphatic carbocycles. The van der Waals surface area contributed by atoms with E-state index >= 15 is 0 Å². The van der Waals surface area contributed by atoms with Gasteiger partial charge in [-0.3, -0.25) is 15.0 Å². The molecule has 2 atom stereocenters. The van der Waals surface area contributed by atoms with E-state index in [1.165, 1.54) is 0 Å². The average Bonchev–Trinajstić information content (AvgIpc) is 3.15. The number of nitrogens with zero attached hydrogens (tertiary/aromatic N) is 2. The average molecular weight is 333 g/mol. The molecule has 2 aliphatic rings. The van der Waals surface area contributed by atoms with Crippen molar-refractivity contribution in [2.75, 3.05) is 13.7 Å². The van der Waals surface area contributed by atoms with Crippen LogP contribution in [0.2, 0.25) is 0 Å². The molecule has 1 aromatic rings. The molecular weight excluding hydrogens is 310 g/mol. The Kier molecular flexibility index (Phi) is 4.68. The van der Waals surface area contributed by atoms with Crippen molar-refractivity contribution in [1.82, 2.24) is 26.1 Å². The number of ether oxygens (including phenoxy) is 1. The summed E-state index contributed by atoms with van der Waals surface area (Å²) < 4.78 is 5.33. The zero-order valence-corrected chi connectivity index (χ0v) is 14.2. The van der Waals surface area contributed by atoms with Gasteiger partial charge in [0.25, 0.3) is 5.91 Å². The van der Waals surface area contributed by atoms with Crippen LogP contribution in [-0.4, -0.2) is 47.4 Å². The first-order chi connectivity index (χ1) is 11.5. The Bertz CT molecular complexity index is 663. The number of pyridine rings is 1. The Morgan fingerprint density at radius 1 is 1.50 bits per heavy atom.